The molecule has 4 rings (SSSR count). The second-order valence-electron chi connectivity index (χ2n) is 8.53. The van der Waals surface area contributed by atoms with Crippen molar-refractivity contribution < 1.29 is 18.0 Å². The molecular weight excluding hydrogens is 431 g/mol. The molecule has 1 fully saturated rings. The van der Waals surface area contributed by atoms with E-state index in [9.17, 15) is 18.0 Å². The van der Waals surface area contributed by atoms with Crippen molar-refractivity contribution in [3.05, 3.63) is 59.9 Å². The van der Waals surface area contributed by atoms with Crippen LogP contribution in [0.3, 0.4) is 0 Å². The molecule has 1 amide bonds. The summed E-state index contributed by atoms with van der Waals surface area (Å²) in [6, 6.07) is 11.4. The molecule has 0 bridgehead atoms. The molecule has 0 spiro atoms. The zero-order valence-corrected chi connectivity index (χ0v) is 18.5. The van der Waals surface area contributed by atoms with E-state index in [1.807, 2.05) is 19.0 Å². The Labute approximate surface area is 190 Å². The number of rotatable bonds is 5. The fourth-order valence-electron chi connectivity index (χ4n) is 4.11. The Morgan fingerprint density at radius 2 is 1.73 bits per heavy atom. The maximum absolute atomic E-state index is 13.3. The lowest BCUT2D eigenvalue weighted by Crippen LogP contribution is -2.40. The van der Waals surface area contributed by atoms with E-state index in [0.29, 0.717) is 28.0 Å². The Bertz CT molecular complexity index is 1140. The van der Waals surface area contributed by atoms with Crippen molar-refractivity contribution in [2.24, 2.45) is 0 Å². The van der Waals surface area contributed by atoms with Gasteiger partial charge in [-0.3, -0.25) is 4.79 Å². The van der Waals surface area contributed by atoms with E-state index < -0.39 is 11.9 Å². The third-order valence-electron chi connectivity index (χ3n) is 5.89. The van der Waals surface area contributed by atoms with Crippen LogP contribution in [0, 0.1) is 0 Å². The average molecular weight is 458 g/mol. The first-order chi connectivity index (χ1) is 15.7. The van der Waals surface area contributed by atoms with E-state index in [0.717, 1.165) is 31.7 Å². The Hall–Kier alpha value is -3.36. The van der Waals surface area contributed by atoms with E-state index in [-0.39, 0.29) is 18.0 Å². The number of nitrogens with one attached hydrogen (secondary N) is 2. The van der Waals surface area contributed by atoms with E-state index in [1.54, 1.807) is 42.6 Å². The fourth-order valence-corrected chi connectivity index (χ4v) is 4.11. The number of nitrogens with zero attached hydrogens (tertiary/aromatic N) is 3. The highest BCUT2D eigenvalue weighted by Crippen LogP contribution is 2.34. The summed E-state index contributed by atoms with van der Waals surface area (Å²) in [6.07, 6.45) is 0.0555. The van der Waals surface area contributed by atoms with Crippen molar-refractivity contribution in [3.8, 4) is 0 Å². The van der Waals surface area contributed by atoms with Gasteiger partial charge < -0.3 is 15.5 Å². The molecule has 1 aliphatic rings. The molecule has 2 heterocycles. The minimum atomic E-state index is -4.51. The van der Waals surface area contributed by atoms with Gasteiger partial charge in [0.25, 0.3) is 5.91 Å². The third-order valence-corrected chi connectivity index (χ3v) is 5.89. The molecule has 6 nitrogen and oxygen atoms in total. The maximum Gasteiger partial charge on any atom is 0.433 e. The largest absolute Gasteiger partial charge is 0.433 e. The second-order valence-corrected chi connectivity index (χ2v) is 8.53. The number of anilines is 2. The van der Waals surface area contributed by atoms with Crippen LogP contribution in [0.15, 0.2) is 48.7 Å². The number of carbonyl (C=O) groups excluding carboxylic acids is 1. The van der Waals surface area contributed by atoms with Crippen molar-refractivity contribution in [3.63, 3.8) is 0 Å². The molecule has 1 aliphatic carbocycles. The molecule has 1 aromatic carbocycles. The van der Waals surface area contributed by atoms with Crippen LogP contribution in [-0.4, -0.2) is 42.1 Å². The first-order valence-electron chi connectivity index (χ1n) is 10.9. The van der Waals surface area contributed by atoms with Crippen molar-refractivity contribution in [1.29, 1.82) is 0 Å². The summed E-state index contributed by atoms with van der Waals surface area (Å²) in [5, 5.41) is 7.03. The van der Waals surface area contributed by atoms with Gasteiger partial charge in [0.1, 0.15) is 11.5 Å². The number of amides is 1. The van der Waals surface area contributed by atoms with E-state index in [1.165, 1.54) is 0 Å². The fraction of sp³-hybridized carbons (Fsp3) is 0.375. The number of alkyl halides is 3. The lowest BCUT2D eigenvalue weighted by Gasteiger charge is -2.30. The highest BCUT2D eigenvalue weighted by molar-refractivity contribution is 5.95. The van der Waals surface area contributed by atoms with Crippen LogP contribution in [0.25, 0.3) is 10.9 Å². The molecule has 33 heavy (non-hydrogen) atoms. The predicted molar refractivity (Wildman–Crippen MR) is 122 cm³/mol. The van der Waals surface area contributed by atoms with Crippen molar-refractivity contribution >= 4 is 28.3 Å². The Morgan fingerprint density at radius 3 is 2.42 bits per heavy atom. The number of para-hydroxylation sites is 1. The Morgan fingerprint density at radius 1 is 1.03 bits per heavy atom. The molecule has 1 saturated carbocycles. The number of hydrogen-bond acceptors (Lipinski definition) is 5. The van der Waals surface area contributed by atoms with E-state index in [2.05, 4.69) is 20.6 Å². The van der Waals surface area contributed by atoms with Crippen LogP contribution in [0.2, 0.25) is 0 Å². The molecule has 2 aromatic heterocycles. The number of fused-ring (bicyclic) bond motifs is 1. The molecule has 0 atom stereocenters. The van der Waals surface area contributed by atoms with Crippen molar-refractivity contribution in [1.82, 2.24) is 15.3 Å². The Balaban J connectivity index is 1.40. The normalized spacial score (nSPS) is 18.7. The van der Waals surface area contributed by atoms with E-state index in [4.69, 9.17) is 0 Å². The first-order valence-corrected chi connectivity index (χ1v) is 10.9. The average Bonchev–Trinajstić information content (AvgIpc) is 2.79. The van der Waals surface area contributed by atoms with Gasteiger partial charge in [-0.05, 0) is 49.9 Å². The lowest BCUT2D eigenvalue weighted by molar-refractivity contribution is -0.140. The summed E-state index contributed by atoms with van der Waals surface area (Å²) in [5.74, 6) is 0.560. The van der Waals surface area contributed by atoms with Crippen LogP contribution < -0.4 is 15.5 Å². The van der Waals surface area contributed by atoms with Gasteiger partial charge in [-0.25, -0.2) is 9.97 Å². The molecule has 9 heteroatoms. The quantitative estimate of drug-likeness (QED) is 0.572. The minimum absolute atomic E-state index is 0.0197. The molecule has 0 unspecified atom stereocenters. The third kappa shape index (κ3) is 5.35. The van der Waals surface area contributed by atoms with Crippen LogP contribution in [0.5, 0.6) is 0 Å². The Kier molecular flexibility index (Phi) is 6.40. The highest BCUT2D eigenvalue weighted by atomic mass is 19.4. The molecule has 0 radical (unpaired) electrons. The summed E-state index contributed by atoms with van der Waals surface area (Å²) in [4.78, 5) is 22.5. The molecule has 3 aromatic rings. The van der Waals surface area contributed by atoms with Gasteiger partial charge >= 0.3 is 6.18 Å². The smallest absolute Gasteiger partial charge is 0.382 e. The van der Waals surface area contributed by atoms with Gasteiger partial charge in [0.2, 0.25) is 0 Å². The summed E-state index contributed by atoms with van der Waals surface area (Å²) < 4.78 is 40.0. The zero-order chi connectivity index (χ0) is 23.6. The molecule has 174 valence electrons. The molecule has 0 aliphatic heterocycles. The van der Waals surface area contributed by atoms with E-state index >= 15 is 0 Å². The SMILES string of the molecule is CN(C)c1cc(C(=O)N[C@H]2CC[C@@H](Nc3cc(C(F)(F)F)nc4ccccc34)CC2)ccn1. The van der Waals surface area contributed by atoms with Gasteiger partial charge in [0, 0.05) is 49.0 Å². The second kappa shape index (κ2) is 9.25. The number of hydrogen-bond donors (Lipinski definition) is 2. The van der Waals surface area contributed by atoms with Gasteiger partial charge in [-0.15, -0.1) is 0 Å². The first kappa shape index (κ1) is 22.8. The maximum atomic E-state index is 13.3. The lowest BCUT2D eigenvalue weighted by atomic mass is 9.90. The van der Waals surface area contributed by atoms with Crippen LogP contribution in [-0.2, 0) is 6.18 Å². The number of benzene rings is 1. The van der Waals surface area contributed by atoms with Crippen LogP contribution >= 0.6 is 0 Å². The number of pyridine rings is 2. The number of halogens is 3. The summed E-state index contributed by atoms with van der Waals surface area (Å²) in [7, 11) is 3.73. The van der Waals surface area contributed by atoms with Crippen LogP contribution in [0.4, 0.5) is 24.7 Å². The van der Waals surface area contributed by atoms with Gasteiger partial charge in [0.05, 0.1) is 5.52 Å². The van der Waals surface area contributed by atoms with Crippen molar-refractivity contribution in [2.75, 3.05) is 24.3 Å². The standard InChI is InChI=1S/C24H26F3N5O/c1-32(2)22-13-15(11-12-28-22)23(33)30-17-9-7-16(8-10-17)29-20-14-21(24(25,26)27)31-19-6-4-3-5-18(19)20/h3-6,11-14,16-17H,7-10H2,1-2H3,(H,29,31)(H,30,33)/t16-,17+. The predicted octanol–water partition coefficient (Wildman–Crippen LogP) is 4.87. The summed E-state index contributed by atoms with van der Waals surface area (Å²) in [5.41, 5.74) is 0.398. The summed E-state index contributed by atoms with van der Waals surface area (Å²) in [6.45, 7) is 0. The van der Waals surface area contributed by atoms with Crippen molar-refractivity contribution in [2.45, 2.75) is 43.9 Å². The molecule has 2 N–H and O–H groups in total. The number of carbonyl (C=O) groups is 1. The zero-order valence-electron chi connectivity index (χ0n) is 18.5. The van der Waals surface area contributed by atoms with Gasteiger partial charge in [-0.2, -0.15) is 13.2 Å². The molecule has 0 saturated heterocycles. The summed E-state index contributed by atoms with van der Waals surface area (Å²) >= 11 is 0. The minimum Gasteiger partial charge on any atom is -0.382 e. The van der Waals surface area contributed by atoms with Crippen LogP contribution in [0.1, 0.15) is 41.7 Å². The monoisotopic (exact) mass is 457 g/mol. The van der Waals surface area contributed by atoms with Gasteiger partial charge in [-0.1, -0.05) is 18.2 Å². The topological polar surface area (TPSA) is 70.2 Å². The molecular formula is C24H26F3N5O. The highest BCUT2D eigenvalue weighted by Gasteiger charge is 2.34. The number of aromatic nitrogens is 2. The van der Waals surface area contributed by atoms with Gasteiger partial charge in [0.15, 0.2) is 0 Å².